The van der Waals surface area contributed by atoms with Crippen molar-refractivity contribution in [3.8, 4) is 5.75 Å². The summed E-state index contributed by atoms with van der Waals surface area (Å²) in [6.45, 7) is 5.13. The molecule has 0 saturated heterocycles. The summed E-state index contributed by atoms with van der Waals surface area (Å²) in [6, 6.07) is 7.70. The predicted molar refractivity (Wildman–Crippen MR) is 101 cm³/mol. The molecule has 0 spiro atoms. The molecule has 1 amide bonds. The van der Waals surface area contributed by atoms with Gasteiger partial charge in [-0.15, -0.1) is 0 Å². The van der Waals surface area contributed by atoms with Crippen LogP contribution in [0, 0.1) is 0 Å². The van der Waals surface area contributed by atoms with E-state index in [0.717, 1.165) is 17.7 Å². The maximum absolute atomic E-state index is 13.1. The second-order valence-electron chi connectivity index (χ2n) is 6.09. The van der Waals surface area contributed by atoms with Crippen LogP contribution in [0.2, 0.25) is 0 Å². The number of pyridine rings is 2. The number of hydrogen-bond donors (Lipinski definition) is 0. The molecule has 0 N–H and O–H groups in total. The Morgan fingerprint density at radius 2 is 2.00 bits per heavy atom. The normalized spacial score (nSPS) is 10.9. The molecule has 136 valence electrons. The average molecular weight is 352 g/mol. The van der Waals surface area contributed by atoms with Gasteiger partial charge in [0.25, 0.3) is 5.91 Å². The number of aromatic nitrogens is 3. The van der Waals surface area contributed by atoms with Crippen LogP contribution in [0.25, 0.3) is 5.65 Å². The summed E-state index contributed by atoms with van der Waals surface area (Å²) in [6.07, 6.45) is 6.88. The Hall–Kier alpha value is -2.89. The summed E-state index contributed by atoms with van der Waals surface area (Å²) in [5, 5.41) is 0. The van der Waals surface area contributed by atoms with E-state index in [4.69, 9.17) is 4.74 Å². The van der Waals surface area contributed by atoms with E-state index in [1.807, 2.05) is 55.8 Å². The number of imidazole rings is 1. The molecule has 0 atom stereocenters. The minimum atomic E-state index is -0.0305. The van der Waals surface area contributed by atoms with Gasteiger partial charge in [-0.05, 0) is 49.6 Å². The molecule has 3 aromatic rings. The van der Waals surface area contributed by atoms with Crippen LogP contribution in [0.4, 0.5) is 0 Å². The fourth-order valence-electron chi connectivity index (χ4n) is 2.96. The van der Waals surface area contributed by atoms with Gasteiger partial charge >= 0.3 is 0 Å². The highest BCUT2D eigenvalue weighted by Gasteiger charge is 2.22. The third kappa shape index (κ3) is 3.54. The van der Waals surface area contributed by atoms with E-state index >= 15 is 0 Å². The van der Waals surface area contributed by atoms with Crippen molar-refractivity contribution >= 4 is 11.6 Å². The number of nitrogens with zero attached hydrogens (tertiary/aromatic N) is 4. The zero-order chi connectivity index (χ0) is 18.5. The minimum Gasteiger partial charge on any atom is -0.490 e. The van der Waals surface area contributed by atoms with Gasteiger partial charge in [-0.1, -0.05) is 6.92 Å². The van der Waals surface area contributed by atoms with Crippen molar-refractivity contribution in [2.24, 2.45) is 0 Å². The monoisotopic (exact) mass is 352 g/mol. The third-order valence-electron chi connectivity index (χ3n) is 4.36. The van der Waals surface area contributed by atoms with Gasteiger partial charge in [0.15, 0.2) is 11.4 Å². The number of rotatable bonds is 7. The smallest absolute Gasteiger partial charge is 0.272 e. The maximum Gasteiger partial charge on any atom is 0.272 e. The second kappa shape index (κ2) is 7.99. The van der Waals surface area contributed by atoms with Crippen LogP contribution in [0.3, 0.4) is 0 Å². The number of carbonyl (C=O) groups is 1. The number of amides is 1. The molecular formula is C20H24N4O2. The average Bonchev–Trinajstić information content (AvgIpc) is 3.06. The molecular weight excluding hydrogens is 328 g/mol. The van der Waals surface area contributed by atoms with Gasteiger partial charge in [-0.3, -0.25) is 14.2 Å². The first-order valence-corrected chi connectivity index (χ1v) is 8.92. The number of carbonyl (C=O) groups excluding carboxylic acids is 1. The number of fused-ring (bicyclic) bond motifs is 1. The highest BCUT2D eigenvalue weighted by Crippen LogP contribution is 2.23. The minimum absolute atomic E-state index is 0.0305. The summed E-state index contributed by atoms with van der Waals surface area (Å²) >= 11 is 0. The number of aryl methyl sites for hydroxylation is 1. The number of likely N-dealkylation sites (N-methyl/N-ethyl adjacent to an activating group) is 1. The van der Waals surface area contributed by atoms with Crippen LogP contribution in [0.5, 0.6) is 5.75 Å². The van der Waals surface area contributed by atoms with E-state index in [9.17, 15) is 4.79 Å². The van der Waals surface area contributed by atoms with Crippen LogP contribution < -0.4 is 4.74 Å². The maximum atomic E-state index is 13.1. The lowest BCUT2D eigenvalue weighted by Gasteiger charge is -2.17. The van der Waals surface area contributed by atoms with Crippen molar-refractivity contribution in [3.63, 3.8) is 0 Å². The molecule has 3 heterocycles. The van der Waals surface area contributed by atoms with Crippen molar-refractivity contribution in [1.29, 1.82) is 0 Å². The fourth-order valence-corrected chi connectivity index (χ4v) is 2.96. The molecule has 0 bridgehead atoms. The largest absolute Gasteiger partial charge is 0.490 e. The lowest BCUT2D eigenvalue weighted by Crippen LogP contribution is -2.30. The molecule has 0 aromatic carbocycles. The van der Waals surface area contributed by atoms with E-state index in [1.165, 1.54) is 0 Å². The Morgan fingerprint density at radius 1 is 1.23 bits per heavy atom. The Kier molecular flexibility index (Phi) is 5.51. The Labute approximate surface area is 153 Å². The molecule has 6 heteroatoms. The molecule has 6 nitrogen and oxygen atoms in total. The zero-order valence-electron chi connectivity index (χ0n) is 15.5. The van der Waals surface area contributed by atoms with E-state index in [-0.39, 0.29) is 5.91 Å². The molecule has 0 aliphatic carbocycles. The zero-order valence-corrected chi connectivity index (χ0v) is 15.5. The van der Waals surface area contributed by atoms with E-state index in [2.05, 4.69) is 9.97 Å². The van der Waals surface area contributed by atoms with Crippen molar-refractivity contribution in [2.45, 2.75) is 26.7 Å². The van der Waals surface area contributed by atoms with Gasteiger partial charge in [-0.2, -0.15) is 0 Å². The van der Waals surface area contributed by atoms with Crippen molar-refractivity contribution < 1.29 is 9.53 Å². The highest BCUT2D eigenvalue weighted by atomic mass is 16.5. The van der Waals surface area contributed by atoms with Crippen LogP contribution >= 0.6 is 0 Å². The van der Waals surface area contributed by atoms with Crippen LogP contribution in [0.15, 0.2) is 42.9 Å². The van der Waals surface area contributed by atoms with Crippen LogP contribution in [-0.2, 0) is 12.8 Å². The highest BCUT2D eigenvalue weighted by molar-refractivity contribution is 5.95. The van der Waals surface area contributed by atoms with Gasteiger partial charge in [0.1, 0.15) is 5.69 Å². The topological polar surface area (TPSA) is 59.7 Å². The first-order valence-electron chi connectivity index (χ1n) is 8.92. The third-order valence-corrected chi connectivity index (χ3v) is 4.36. The van der Waals surface area contributed by atoms with Crippen molar-refractivity contribution in [2.75, 3.05) is 20.2 Å². The molecule has 0 fully saturated rings. The van der Waals surface area contributed by atoms with Crippen LogP contribution in [0.1, 0.15) is 35.6 Å². The number of ether oxygens (including phenoxy) is 1. The first kappa shape index (κ1) is 17.9. The van der Waals surface area contributed by atoms with E-state index in [0.29, 0.717) is 36.7 Å². The summed E-state index contributed by atoms with van der Waals surface area (Å²) in [5.41, 5.74) is 3.25. The predicted octanol–water partition coefficient (Wildman–Crippen LogP) is 3.01. The molecule has 0 radical (unpaired) electrons. The summed E-state index contributed by atoms with van der Waals surface area (Å²) in [7, 11) is 1.83. The SMILES string of the molecule is CCOc1cccn2c(C(=O)N(C)CCc3ccncc3)c(CC)nc12. The Bertz CT molecular complexity index is 889. The van der Waals surface area contributed by atoms with Gasteiger partial charge in [0, 0.05) is 32.2 Å². The van der Waals surface area contributed by atoms with Gasteiger partial charge in [-0.25, -0.2) is 4.98 Å². The van der Waals surface area contributed by atoms with Gasteiger partial charge in [0.05, 0.1) is 12.3 Å². The van der Waals surface area contributed by atoms with Crippen molar-refractivity contribution in [3.05, 3.63) is 59.8 Å². The van der Waals surface area contributed by atoms with Crippen molar-refractivity contribution in [1.82, 2.24) is 19.3 Å². The second-order valence-corrected chi connectivity index (χ2v) is 6.09. The van der Waals surface area contributed by atoms with E-state index < -0.39 is 0 Å². The van der Waals surface area contributed by atoms with E-state index in [1.54, 1.807) is 17.3 Å². The molecule has 0 saturated carbocycles. The molecule has 26 heavy (non-hydrogen) atoms. The molecule has 3 rings (SSSR count). The molecule has 0 aliphatic rings. The molecule has 3 aromatic heterocycles. The lowest BCUT2D eigenvalue weighted by atomic mass is 10.2. The fraction of sp³-hybridized carbons (Fsp3) is 0.350. The summed E-state index contributed by atoms with van der Waals surface area (Å²) in [4.78, 5) is 23.5. The summed E-state index contributed by atoms with van der Waals surface area (Å²) in [5.74, 6) is 0.667. The Balaban J connectivity index is 1.88. The summed E-state index contributed by atoms with van der Waals surface area (Å²) < 4.78 is 7.51. The molecule has 0 aliphatic heterocycles. The molecule has 0 unspecified atom stereocenters. The van der Waals surface area contributed by atoms with Gasteiger partial charge in [0.2, 0.25) is 0 Å². The standard InChI is InChI=1S/C20H24N4O2/c1-4-16-18(24-13-6-7-17(26-5-2)19(24)22-16)20(25)23(3)14-10-15-8-11-21-12-9-15/h6-9,11-13H,4-5,10,14H2,1-3H3. The first-order chi connectivity index (χ1) is 12.7. The number of hydrogen-bond acceptors (Lipinski definition) is 4. The van der Waals surface area contributed by atoms with Crippen LogP contribution in [-0.4, -0.2) is 45.4 Å². The quantitative estimate of drug-likeness (QED) is 0.656. The lowest BCUT2D eigenvalue weighted by molar-refractivity contribution is 0.0788. The Morgan fingerprint density at radius 3 is 2.69 bits per heavy atom. The van der Waals surface area contributed by atoms with Gasteiger partial charge < -0.3 is 9.64 Å².